The molecule has 1 N–H and O–H groups in total. The van der Waals surface area contributed by atoms with Gasteiger partial charge in [0.15, 0.2) is 9.84 Å². The van der Waals surface area contributed by atoms with Crippen molar-refractivity contribution in [3.63, 3.8) is 0 Å². The summed E-state index contributed by atoms with van der Waals surface area (Å²) in [5.41, 5.74) is 1.49. The van der Waals surface area contributed by atoms with Crippen molar-refractivity contribution < 1.29 is 17.9 Å². The molecule has 1 fully saturated rings. The van der Waals surface area contributed by atoms with Gasteiger partial charge in [-0.15, -0.1) is 0 Å². The van der Waals surface area contributed by atoms with Gasteiger partial charge in [-0.1, -0.05) is 0 Å². The highest BCUT2D eigenvalue weighted by Crippen LogP contribution is 2.16. The minimum absolute atomic E-state index is 0.0197. The smallest absolute Gasteiger partial charge is 0.251 e. The summed E-state index contributed by atoms with van der Waals surface area (Å²) in [6, 6.07) is 10.2. The number of pyridine rings is 1. The maximum absolute atomic E-state index is 12.1. The van der Waals surface area contributed by atoms with Crippen LogP contribution in [0.4, 0.5) is 0 Å². The Balaban J connectivity index is 1.55. The number of aromatic nitrogens is 1. The van der Waals surface area contributed by atoms with Crippen LogP contribution in [0.3, 0.4) is 0 Å². The summed E-state index contributed by atoms with van der Waals surface area (Å²) < 4.78 is 28.5. The Hall–Kier alpha value is -2.41. The van der Waals surface area contributed by atoms with Crippen LogP contribution in [0.25, 0.3) is 0 Å². The van der Waals surface area contributed by atoms with Gasteiger partial charge in [0.05, 0.1) is 11.5 Å². The Morgan fingerprint density at radius 2 is 1.88 bits per heavy atom. The zero-order chi connectivity index (χ0) is 17.0. The molecule has 0 aliphatic carbocycles. The van der Waals surface area contributed by atoms with Gasteiger partial charge in [-0.25, -0.2) is 8.42 Å². The van der Waals surface area contributed by atoms with E-state index in [4.69, 9.17) is 4.74 Å². The Bertz CT molecular complexity index is 804. The van der Waals surface area contributed by atoms with Crippen LogP contribution in [0, 0.1) is 0 Å². The Morgan fingerprint density at radius 1 is 1.17 bits per heavy atom. The molecular weight excluding hydrogens is 328 g/mol. The highest BCUT2D eigenvalue weighted by atomic mass is 32.2. The first kappa shape index (κ1) is 16.4. The lowest BCUT2D eigenvalue weighted by Crippen LogP contribution is -2.35. The fourth-order valence-corrected chi connectivity index (χ4v) is 4.20. The average Bonchev–Trinajstić information content (AvgIpc) is 2.93. The Labute approximate surface area is 140 Å². The molecule has 0 spiro atoms. The maximum Gasteiger partial charge on any atom is 0.251 e. The molecular formula is C17H18N2O4S. The molecule has 0 bridgehead atoms. The lowest BCUT2D eigenvalue weighted by molar-refractivity contribution is 0.0941. The molecule has 0 saturated carbocycles. The van der Waals surface area contributed by atoms with Gasteiger partial charge in [0.2, 0.25) is 0 Å². The second kappa shape index (κ2) is 7.00. The molecule has 1 aliphatic heterocycles. The summed E-state index contributed by atoms with van der Waals surface area (Å²) in [6.07, 6.45) is 3.88. The number of sulfone groups is 1. The first-order chi connectivity index (χ1) is 11.5. The highest BCUT2D eigenvalue weighted by molar-refractivity contribution is 7.91. The summed E-state index contributed by atoms with van der Waals surface area (Å²) in [7, 11) is -3.00. The van der Waals surface area contributed by atoms with Crippen molar-refractivity contribution in [2.24, 2.45) is 0 Å². The lowest BCUT2D eigenvalue weighted by atomic mass is 10.2. The minimum Gasteiger partial charge on any atom is -0.489 e. The molecule has 2 heterocycles. The molecule has 1 aliphatic rings. The van der Waals surface area contributed by atoms with E-state index in [0.717, 1.165) is 5.56 Å². The number of ether oxygens (including phenoxy) is 1. The summed E-state index contributed by atoms with van der Waals surface area (Å²) in [4.78, 5) is 16.1. The summed E-state index contributed by atoms with van der Waals surface area (Å²) in [5.74, 6) is 0.551. The normalized spacial score (nSPS) is 18.9. The molecule has 1 aromatic heterocycles. The third-order valence-electron chi connectivity index (χ3n) is 3.84. The van der Waals surface area contributed by atoms with Crippen molar-refractivity contribution in [1.29, 1.82) is 0 Å². The largest absolute Gasteiger partial charge is 0.489 e. The first-order valence-electron chi connectivity index (χ1n) is 7.65. The third-order valence-corrected chi connectivity index (χ3v) is 5.61. The van der Waals surface area contributed by atoms with E-state index in [9.17, 15) is 13.2 Å². The van der Waals surface area contributed by atoms with Gasteiger partial charge in [0.25, 0.3) is 5.91 Å². The van der Waals surface area contributed by atoms with Crippen LogP contribution >= 0.6 is 0 Å². The SMILES string of the molecule is O=C(NC1CCS(=O)(=O)C1)c1ccc(OCc2ccncc2)cc1. The molecule has 2 aromatic rings. The molecule has 0 radical (unpaired) electrons. The van der Waals surface area contributed by atoms with Crippen LogP contribution in [-0.2, 0) is 16.4 Å². The number of nitrogens with zero attached hydrogens (tertiary/aromatic N) is 1. The van der Waals surface area contributed by atoms with Crippen LogP contribution in [0.15, 0.2) is 48.8 Å². The van der Waals surface area contributed by atoms with Crippen LogP contribution < -0.4 is 10.1 Å². The zero-order valence-corrected chi connectivity index (χ0v) is 13.8. The molecule has 1 aromatic carbocycles. The second-order valence-electron chi connectivity index (χ2n) is 5.74. The van der Waals surface area contributed by atoms with Gasteiger partial charge >= 0.3 is 0 Å². The number of carbonyl (C=O) groups is 1. The topological polar surface area (TPSA) is 85.4 Å². The minimum atomic E-state index is -3.00. The van der Waals surface area contributed by atoms with Gasteiger partial charge in [-0.05, 0) is 48.4 Å². The van der Waals surface area contributed by atoms with E-state index in [0.29, 0.717) is 24.3 Å². The molecule has 1 saturated heterocycles. The second-order valence-corrected chi connectivity index (χ2v) is 7.97. The van der Waals surface area contributed by atoms with Crippen molar-refractivity contribution in [3.8, 4) is 5.75 Å². The number of carbonyl (C=O) groups excluding carboxylic acids is 1. The van der Waals surface area contributed by atoms with Gasteiger partial charge in [0, 0.05) is 24.0 Å². The molecule has 7 heteroatoms. The number of amides is 1. The molecule has 3 rings (SSSR count). The fourth-order valence-electron chi connectivity index (χ4n) is 2.53. The molecule has 24 heavy (non-hydrogen) atoms. The van der Waals surface area contributed by atoms with Crippen LogP contribution in [-0.4, -0.2) is 36.9 Å². The first-order valence-corrected chi connectivity index (χ1v) is 9.47. The number of nitrogens with one attached hydrogen (secondary N) is 1. The number of hydrogen-bond donors (Lipinski definition) is 1. The predicted molar refractivity (Wildman–Crippen MR) is 89.5 cm³/mol. The molecule has 6 nitrogen and oxygen atoms in total. The fraction of sp³-hybridized carbons (Fsp3) is 0.294. The summed E-state index contributed by atoms with van der Waals surface area (Å²) in [6.45, 7) is 0.425. The van der Waals surface area contributed by atoms with Crippen molar-refractivity contribution in [3.05, 3.63) is 59.9 Å². The average molecular weight is 346 g/mol. The highest BCUT2D eigenvalue weighted by Gasteiger charge is 2.29. The van der Waals surface area contributed by atoms with Gasteiger partial charge in [-0.3, -0.25) is 9.78 Å². The Morgan fingerprint density at radius 3 is 2.50 bits per heavy atom. The van der Waals surface area contributed by atoms with E-state index in [1.54, 1.807) is 36.7 Å². The van der Waals surface area contributed by atoms with Gasteiger partial charge < -0.3 is 10.1 Å². The summed E-state index contributed by atoms with van der Waals surface area (Å²) in [5, 5.41) is 2.76. The van der Waals surface area contributed by atoms with Gasteiger partial charge in [-0.2, -0.15) is 0 Å². The van der Waals surface area contributed by atoms with Gasteiger partial charge in [0.1, 0.15) is 12.4 Å². The van der Waals surface area contributed by atoms with Crippen LogP contribution in [0.5, 0.6) is 5.75 Å². The van der Waals surface area contributed by atoms with Crippen molar-refractivity contribution in [1.82, 2.24) is 10.3 Å². The molecule has 1 amide bonds. The standard InChI is InChI=1S/C17H18N2O4S/c20-17(19-15-7-10-24(21,22)12-15)14-1-3-16(4-2-14)23-11-13-5-8-18-9-6-13/h1-6,8-9,15H,7,10-12H2,(H,19,20). The zero-order valence-electron chi connectivity index (χ0n) is 13.0. The molecule has 1 atom stereocenters. The molecule has 126 valence electrons. The van der Waals surface area contributed by atoms with E-state index >= 15 is 0 Å². The third kappa shape index (κ3) is 4.32. The van der Waals surface area contributed by atoms with E-state index < -0.39 is 9.84 Å². The number of rotatable bonds is 5. The van der Waals surface area contributed by atoms with Crippen molar-refractivity contribution in [2.75, 3.05) is 11.5 Å². The van der Waals surface area contributed by atoms with E-state index in [-0.39, 0.29) is 23.5 Å². The van der Waals surface area contributed by atoms with E-state index in [1.807, 2.05) is 12.1 Å². The van der Waals surface area contributed by atoms with E-state index in [1.165, 1.54) is 0 Å². The van der Waals surface area contributed by atoms with Crippen LogP contribution in [0.2, 0.25) is 0 Å². The van der Waals surface area contributed by atoms with E-state index in [2.05, 4.69) is 10.3 Å². The predicted octanol–water partition coefficient (Wildman–Crippen LogP) is 1.58. The van der Waals surface area contributed by atoms with Crippen LogP contribution in [0.1, 0.15) is 22.3 Å². The van der Waals surface area contributed by atoms with Crippen molar-refractivity contribution in [2.45, 2.75) is 19.1 Å². The maximum atomic E-state index is 12.1. The quantitative estimate of drug-likeness (QED) is 0.888. The summed E-state index contributed by atoms with van der Waals surface area (Å²) >= 11 is 0. The monoisotopic (exact) mass is 346 g/mol. The van der Waals surface area contributed by atoms with Crippen molar-refractivity contribution >= 4 is 15.7 Å². The Kier molecular flexibility index (Phi) is 4.80. The lowest BCUT2D eigenvalue weighted by Gasteiger charge is -2.11. The number of hydrogen-bond acceptors (Lipinski definition) is 5. The molecule has 1 unspecified atom stereocenters. The number of benzene rings is 1.